The second-order valence-corrected chi connectivity index (χ2v) is 14.6. The minimum absolute atomic E-state index is 0.0979. The molecule has 4 heterocycles. The maximum absolute atomic E-state index is 12.5. The topological polar surface area (TPSA) is 177 Å². The Bertz CT molecular complexity index is 2290. The van der Waals surface area contributed by atoms with Gasteiger partial charge in [0.15, 0.2) is 5.76 Å². The van der Waals surface area contributed by atoms with Gasteiger partial charge in [0.2, 0.25) is 5.88 Å². The molecule has 0 fully saturated rings. The van der Waals surface area contributed by atoms with Crippen LogP contribution in [0.3, 0.4) is 0 Å². The number of hydrogen-bond donors (Lipinski definition) is 4. The molecule has 14 heteroatoms. The van der Waals surface area contributed by atoms with E-state index >= 15 is 0 Å². The number of aliphatic imine (C=N–C) groups is 2. The SMILES string of the molecule is O=C(O)c1ccc(CN2C=Nc3oc(C(=O)NCc4ccccc4)cc3C2)cc1.O=C(O)c1ccc(CN2C=Nc3sc(C(=O)NCc4ccccc4)cc3C2)cc1. The van der Waals surface area contributed by atoms with E-state index in [0.29, 0.717) is 50.0 Å². The molecule has 292 valence electrons. The van der Waals surface area contributed by atoms with E-state index in [0.717, 1.165) is 38.4 Å². The summed E-state index contributed by atoms with van der Waals surface area (Å²) in [6, 6.07) is 36.6. The first-order valence-electron chi connectivity index (χ1n) is 18.3. The van der Waals surface area contributed by atoms with Crippen molar-refractivity contribution in [3.8, 4) is 0 Å². The Morgan fingerprint density at radius 3 is 1.64 bits per heavy atom. The minimum atomic E-state index is -0.947. The summed E-state index contributed by atoms with van der Waals surface area (Å²) < 4.78 is 5.60. The molecule has 0 aliphatic carbocycles. The lowest BCUT2D eigenvalue weighted by Gasteiger charge is -2.22. The van der Waals surface area contributed by atoms with Crippen LogP contribution in [0, 0.1) is 0 Å². The number of thiophene rings is 1. The smallest absolute Gasteiger partial charge is 0.335 e. The summed E-state index contributed by atoms with van der Waals surface area (Å²) in [5.74, 6) is -1.59. The van der Waals surface area contributed by atoms with Gasteiger partial charge in [-0.2, -0.15) is 0 Å². The summed E-state index contributed by atoms with van der Waals surface area (Å²) in [5, 5.41) is 24.6. The van der Waals surface area contributed by atoms with Crippen LogP contribution >= 0.6 is 11.3 Å². The van der Waals surface area contributed by atoms with Gasteiger partial charge in [-0.25, -0.2) is 19.6 Å². The second-order valence-electron chi connectivity index (χ2n) is 13.5. The van der Waals surface area contributed by atoms with Crippen molar-refractivity contribution in [3.63, 3.8) is 0 Å². The average Bonchev–Trinajstić information content (AvgIpc) is 3.88. The lowest BCUT2D eigenvalue weighted by molar-refractivity contribution is 0.0686. The highest BCUT2D eigenvalue weighted by molar-refractivity contribution is 7.17. The quantitative estimate of drug-likeness (QED) is 0.0970. The molecule has 2 aliphatic heterocycles. The maximum atomic E-state index is 12.5. The van der Waals surface area contributed by atoms with Crippen molar-refractivity contribution >= 4 is 58.7 Å². The van der Waals surface area contributed by atoms with Crippen molar-refractivity contribution in [1.82, 2.24) is 20.4 Å². The third-order valence-electron chi connectivity index (χ3n) is 9.21. The molecule has 2 aliphatic rings. The number of amides is 2. The van der Waals surface area contributed by atoms with Gasteiger partial charge in [-0.05, 0) is 58.7 Å². The summed E-state index contributed by atoms with van der Waals surface area (Å²) in [4.78, 5) is 60.2. The van der Waals surface area contributed by atoms with Crippen molar-refractivity contribution in [2.45, 2.75) is 39.3 Å². The van der Waals surface area contributed by atoms with E-state index in [-0.39, 0.29) is 28.7 Å². The fourth-order valence-electron chi connectivity index (χ4n) is 6.19. The van der Waals surface area contributed by atoms with Crippen LogP contribution in [0.4, 0.5) is 10.9 Å². The van der Waals surface area contributed by atoms with Gasteiger partial charge in [-0.1, -0.05) is 84.9 Å². The molecule has 2 aromatic heterocycles. The number of fused-ring (bicyclic) bond motifs is 2. The fraction of sp³-hybridized carbons (Fsp3) is 0.136. The number of nitrogens with one attached hydrogen (secondary N) is 2. The van der Waals surface area contributed by atoms with Crippen molar-refractivity contribution < 1.29 is 33.8 Å². The van der Waals surface area contributed by atoms with E-state index in [2.05, 4.69) is 20.6 Å². The number of carbonyl (C=O) groups excluding carboxylic acids is 2. The van der Waals surface area contributed by atoms with Crippen LogP contribution in [0.25, 0.3) is 0 Å². The zero-order chi connectivity index (χ0) is 40.4. The highest BCUT2D eigenvalue weighted by atomic mass is 32.1. The Morgan fingerprint density at radius 2 is 1.10 bits per heavy atom. The van der Waals surface area contributed by atoms with Gasteiger partial charge in [0.1, 0.15) is 5.00 Å². The van der Waals surface area contributed by atoms with Crippen molar-refractivity contribution in [2.75, 3.05) is 0 Å². The Hall–Kier alpha value is -7.32. The standard InChI is InChI=1S/C22H19N3O4.C22H19N3O3S/c2*26-20(23-11-15-4-2-1-3-5-15)19-10-18-13-25(14-24-21(18)29-19)12-16-6-8-17(9-7-16)22(27)28/h2*1-10,14H,11-13H2,(H,23,26)(H,27,28). The molecule has 58 heavy (non-hydrogen) atoms. The van der Waals surface area contributed by atoms with Gasteiger partial charge in [0, 0.05) is 50.4 Å². The summed E-state index contributed by atoms with van der Waals surface area (Å²) >= 11 is 1.39. The molecule has 0 bridgehead atoms. The summed E-state index contributed by atoms with van der Waals surface area (Å²) in [6.45, 7) is 3.31. The zero-order valence-corrected chi connectivity index (χ0v) is 31.9. The predicted molar refractivity (Wildman–Crippen MR) is 220 cm³/mol. The Balaban J connectivity index is 0.000000177. The van der Waals surface area contributed by atoms with Crippen molar-refractivity contribution in [3.05, 3.63) is 176 Å². The molecule has 6 aromatic rings. The molecular formula is C44H38N6O7S. The van der Waals surface area contributed by atoms with Crippen LogP contribution in [0.1, 0.15) is 74.3 Å². The normalized spacial score (nSPS) is 12.5. The number of carboxylic acids is 2. The maximum Gasteiger partial charge on any atom is 0.335 e. The molecule has 4 aromatic carbocycles. The molecule has 13 nitrogen and oxygen atoms in total. The number of furan rings is 1. The van der Waals surface area contributed by atoms with Crippen LogP contribution < -0.4 is 10.6 Å². The van der Waals surface area contributed by atoms with Gasteiger partial charge >= 0.3 is 11.9 Å². The number of rotatable bonds is 12. The molecule has 2 amide bonds. The monoisotopic (exact) mass is 794 g/mol. The third-order valence-corrected chi connectivity index (χ3v) is 10.3. The highest BCUT2D eigenvalue weighted by Crippen LogP contribution is 2.34. The first-order valence-corrected chi connectivity index (χ1v) is 19.1. The van der Waals surface area contributed by atoms with E-state index < -0.39 is 11.9 Å². The molecular weight excluding hydrogens is 757 g/mol. The molecule has 4 N–H and O–H groups in total. The first-order chi connectivity index (χ1) is 28.2. The first kappa shape index (κ1) is 38.9. The van der Waals surface area contributed by atoms with E-state index in [1.54, 1.807) is 55.1 Å². The molecule has 0 saturated heterocycles. The van der Waals surface area contributed by atoms with Crippen LogP contribution in [0.2, 0.25) is 0 Å². The van der Waals surface area contributed by atoms with Gasteiger partial charge in [0.05, 0.1) is 28.7 Å². The number of aromatic carboxylic acids is 2. The van der Waals surface area contributed by atoms with E-state index in [1.807, 2.05) is 88.7 Å². The van der Waals surface area contributed by atoms with Gasteiger partial charge in [0.25, 0.3) is 11.8 Å². The fourth-order valence-corrected chi connectivity index (χ4v) is 7.12. The molecule has 0 atom stereocenters. The van der Waals surface area contributed by atoms with Crippen LogP contribution in [0.15, 0.2) is 136 Å². The molecule has 0 unspecified atom stereocenters. The number of hydrogen-bond acceptors (Lipinski definition) is 10. The predicted octanol–water partition coefficient (Wildman–Crippen LogP) is 7.64. The Kier molecular flexibility index (Phi) is 12.1. The number of carbonyl (C=O) groups is 4. The summed E-state index contributed by atoms with van der Waals surface area (Å²) in [5.41, 5.74) is 6.41. The summed E-state index contributed by atoms with van der Waals surface area (Å²) in [6.07, 6.45) is 3.44. The van der Waals surface area contributed by atoms with Gasteiger partial charge in [-0.3, -0.25) is 9.59 Å². The molecule has 0 radical (unpaired) electrons. The lowest BCUT2D eigenvalue weighted by Crippen LogP contribution is -2.23. The molecule has 0 saturated carbocycles. The van der Waals surface area contributed by atoms with Crippen LogP contribution in [0.5, 0.6) is 0 Å². The van der Waals surface area contributed by atoms with Crippen LogP contribution in [-0.2, 0) is 39.3 Å². The van der Waals surface area contributed by atoms with E-state index in [9.17, 15) is 19.2 Å². The third kappa shape index (κ3) is 10.1. The number of nitrogens with zero attached hydrogens (tertiary/aromatic N) is 4. The van der Waals surface area contributed by atoms with E-state index in [1.165, 1.54) is 11.3 Å². The number of carboxylic acid groups (broad SMARTS) is 2. The Labute approximate surface area is 337 Å². The van der Waals surface area contributed by atoms with Crippen molar-refractivity contribution in [1.29, 1.82) is 0 Å². The molecule has 8 rings (SSSR count). The van der Waals surface area contributed by atoms with Gasteiger partial charge < -0.3 is 35.1 Å². The Morgan fingerprint density at radius 1 is 0.603 bits per heavy atom. The van der Waals surface area contributed by atoms with Crippen LogP contribution in [-0.4, -0.2) is 56.4 Å². The van der Waals surface area contributed by atoms with E-state index in [4.69, 9.17) is 14.6 Å². The molecule has 0 spiro atoms. The summed E-state index contributed by atoms with van der Waals surface area (Å²) in [7, 11) is 0. The van der Waals surface area contributed by atoms with Crippen molar-refractivity contribution in [2.24, 2.45) is 9.98 Å². The average molecular weight is 795 g/mol. The number of benzene rings is 4. The van der Waals surface area contributed by atoms with Gasteiger partial charge in [-0.15, -0.1) is 11.3 Å². The minimum Gasteiger partial charge on any atom is -0.478 e. The largest absolute Gasteiger partial charge is 0.478 e. The zero-order valence-electron chi connectivity index (χ0n) is 31.1. The lowest BCUT2D eigenvalue weighted by atomic mass is 10.1. The highest BCUT2D eigenvalue weighted by Gasteiger charge is 2.22. The second kappa shape index (κ2) is 18.1.